The molecular formula is C41H52O9. The quantitative estimate of drug-likeness (QED) is 0.0887. The van der Waals surface area contributed by atoms with Gasteiger partial charge in [-0.2, -0.15) is 0 Å². The van der Waals surface area contributed by atoms with Crippen molar-refractivity contribution in [3.05, 3.63) is 95.2 Å². The van der Waals surface area contributed by atoms with Crippen LogP contribution in [-0.4, -0.2) is 45.0 Å². The molecule has 1 aliphatic carbocycles. The molecule has 0 amide bonds. The lowest BCUT2D eigenvalue weighted by atomic mass is 9.96. The van der Waals surface area contributed by atoms with E-state index in [0.717, 1.165) is 73.1 Å². The van der Waals surface area contributed by atoms with Crippen LogP contribution in [-0.2, 0) is 41.4 Å². The van der Waals surface area contributed by atoms with Crippen LogP contribution in [0.25, 0.3) is 5.76 Å². The molecule has 1 heterocycles. The fourth-order valence-electron chi connectivity index (χ4n) is 5.77. The van der Waals surface area contributed by atoms with Crippen molar-refractivity contribution in [3.63, 3.8) is 0 Å². The molecule has 4 rings (SSSR count). The second-order valence-electron chi connectivity index (χ2n) is 12.0. The van der Waals surface area contributed by atoms with Crippen molar-refractivity contribution in [2.45, 2.75) is 91.4 Å². The van der Waals surface area contributed by atoms with Crippen molar-refractivity contribution < 1.29 is 42.7 Å². The zero-order valence-corrected chi connectivity index (χ0v) is 29.8. The number of unbranched alkanes of at least 4 members (excludes halogenated alkanes) is 3. The van der Waals surface area contributed by atoms with Crippen molar-refractivity contribution in [3.8, 4) is 17.2 Å². The van der Waals surface area contributed by atoms with Crippen molar-refractivity contribution >= 4 is 17.7 Å². The van der Waals surface area contributed by atoms with Gasteiger partial charge >= 0.3 is 11.9 Å². The van der Waals surface area contributed by atoms with Crippen LogP contribution in [0.2, 0.25) is 0 Å². The standard InChI is InChI=1S/C41H52O9/c1-4-45-34-26-33(39-30-44-29-38(50-39)32-17-11-9-12-18-32)27-35(28-34)48-24-13-8-7-10-16-31-19-14-20-37(36(31)22-23-41(43)47-6-3)49-25-15-21-40(42)46-5-2/h9,11,14,17,19-20,26-30H,4-8,10,12-13,15-16,18,21-25H2,1-3H3. The molecule has 2 aromatic carbocycles. The molecular weight excluding hydrogens is 636 g/mol. The summed E-state index contributed by atoms with van der Waals surface area (Å²) in [5.41, 5.74) is 4.13. The molecule has 2 aromatic rings. The first kappa shape index (κ1) is 38.1. The van der Waals surface area contributed by atoms with E-state index in [1.165, 1.54) is 5.56 Å². The fraction of sp³-hybridized carbons (Fsp3) is 0.463. The molecule has 0 saturated carbocycles. The number of rotatable bonds is 22. The third kappa shape index (κ3) is 12.7. The predicted octanol–water partition coefficient (Wildman–Crippen LogP) is 8.95. The van der Waals surface area contributed by atoms with E-state index < -0.39 is 0 Å². The van der Waals surface area contributed by atoms with Gasteiger partial charge in [0.1, 0.15) is 29.8 Å². The van der Waals surface area contributed by atoms with Gasteiger partial charge in [0.25, 0.3) is 0 Å². The predicted molar refractivity (Wildman–Crippen MR) is 193 cm³/mol. The zero-order valence-electron chi connectivity index (χ0n) is 29.8. The Kier molecular flexibility index (Phi) is 16.4. The minimum atomic E-state index is -0.222. The van der Waals surface area contributed by atoms with Gasteiger partial charge in [0, 0.05) is 24.5 Å². The summed E-state index contributed by atoms with van der Waals surface area (Å²) >= 11 is 0. The number of carbonyl (C=O) groups excluding carboxylic acids is 2. The highest BCUT2D eigenvalue weighted by atomic mass is 16.5. The number of allylic oxidation sites excluding steroid dienone is 4. The summed E-state index contributed by atoms with van der Waals surface area (Å²) in [7, 11) is 0. The van der Waals surface area contributed by atoms with E-state index in [1.54, 1.807) is 19.4 Å². The maximum Gasteiger partial charge on any atom is 0.306 e. The van der Waals surface area contributed by atoms with E-state index in [1.807, 2.05) is 50.3 Å². The highest BCUT2D eigenvalue weighted by Crippen LogP contribution is 2.34. The van der Waals surface area contributed by atoms with Crippen LogP contribution in [0, 0.1) is 0 Å². The Hall–Kier alpha value is -4.66. The van der Waals surface area contributed by atoms with Crippen LogP contribution in [0.4, 0.5) is 0 Å². The van der Waals surface area contributed by atoms with E-state index >= 15 is 0 Å². The summed E-state index contributed by atoms with van der Waals surface area (Å²) < 4.78 is 40.2. The van der Waals surface area contributed by atoms with Gasteiger partial charge in [-0.15, -0.1) is 0 Å². The van der Waals surface area contributed by atoms with Gasteiger partial charge < -0.3 is 33.2 Å². The van der Waals surface area contributed by atoms with Gasteiger partial charge in [0.2, 0.25) is 0 Å². The minimum Gasteiger partial charge on any atom is -0.494 e. The topological polar surface area (TPSA) is 98.8 Å². The summed E-state index contributed by atoms with van der Waals surface area (Å²) in [5.74, 6) is 3.07. The van der Waals surface area contributed by atoms with Crippen LogP contribution in [0.5, 0.6) is 17.2 Å². The van der Waals surface area contributed by atoms with Crippen LogP contribution in [0.3, 0.4) is 0 Å². The Bertz CT molecular complexity index is 1520. The third-order valence-corrected chi connectivity index (χ3v) is 8.19. The second-order valence-corrected chi connectivity index (χ2v) is 12.0. The average molecular weight is 689 g/mol. The zero-order chi connectivity index (χ0) is 35.4. The Balaban J connectivity index is 1.27. The molecule has 270 valence electrons. The SMILES string of the molecule is CCOC(=O)CCCOc1cccc(CCCCCCOc2cc(OCC)cc(C3=COC=C(C4=CC=CCC4)O3)c2)c1CCC(=O)OCC. The molecule has 0 radical (unpaired) electrons. The molecule has 0 N–H and O–H groups in total. The highest BCUT2D eigenvalue weighted by Gasteiger charge is 2.18. The van der Waals surface area contributed by atoms with Gasteiger partial charge in [-0.05, 0) is 101 Å². The molecule has 9 heteroatoms. The van der Waals surface area contributed by atoms with Crippen LogP contribution in [0.1, 0.15) is 95.2 Å². The van der Waals surface area contributed by atoms with Crippen molar-refractivity contribution in [1.82, 2.24) is 0 Å². The molecule has 0 atom stereocenters. The first-order valence-corrected chi connectivity index (χ1v) is 18.1. The summed E-state index contributed by atoms with van der Waals surface area (Å²) in [6.45, 7) is 7.81. The number of aryl methyl sites for hydroxylation is 1. The third-order valence-electron chi connectivity index (χ3n) is 8.19. The van der Waals surface area contributed by atoms with Gasteiger partial charge in [-0.3, -0.25) is 9.59 Å². The van der Waals surface area contributed by atoms with E-state index in [0.29, 0.717) is 69.6 Å². The lowest BCUT2D eigenvalue weighted by Crippen LogP contribution is -2.10. The van der Waals surface area contributed by atoms with Crippen molar-refractivity contribution in [2.24, 2.45) is 0 Å². The maximum atomic E-state index is 12.2. The maximum absolute atomic E-state index is 12.2. The normalized spacial score (nSPS) is 13.6. The molecule has 0 unspecified atom stereocenters. The van der Waals surface area contributed by atoms with E-state index in [9.17, 15) is 9.59 Å². The lowest BCUT2D eigenvalue weighted by molar-refractivity contribution is -0.144. The Morgan fingerprint density at radius 3 is 2.24 bits per heavy atom. The first-order valence-electron chi connectivity index (χ1n) is 18.1. The van der Waals surface area contributed by atoms with Gasteiger partial charge in [0.15, 0.2) is 11.5 Å². The second kappa shape index (κ2) is 21.4. The average Bonchev–Trinajstić information content (AvgIpc) is 3.13. The lowest BCUT2D eigenvalue weighted by Gasteiger charge is -2.20. The van der Waals surface area contributed by atoms with Crippen molar-refractivity contribution in [1.29, 1.82) is 0 Å². The first-order chi connectivity index (χ1) is 24.5. The molecule has 1 aliphatic heterocycles. The molecule has 0 saturated heterocycles. The number of carbonyl (C=O) groups is 2. The summed E-state index contributed by atoms with van der Waals surface area (Å²) in [6, 6.07) is 11.8. The Morgan fingerprint density at radius 2 is 1.48 bits per heavy atom. The van der Waals surface area contributed by atoms with Crippen LogP contribution in [0.15, 0.2) is 78.5 Å². The number of hydrogen-bond donors (Lipinski definition) is 0. The number of ether oxygens (including phenoxy) is 7. The van der Waals surface area contributed by atoms with Gasteiger partial charge in [-0.25, -0.2) is 0 Å². The Labute approximate surface area is 296 Å². The molecule has 9 nitrogen and oxygen atoms in total. The summed E-state index contributed by atoms with van der Waals surface area (Å²) in [5, 5.41) is 0. The fourth-order valence-corrected chi connectivity index (χ4v) is 5.77. The minimum absolute atomic E-state index is 0.220. The molecule has 0 spiro atoms. The summed E-state index contributed by atoms with van der Waals surface area (Å²) in [4.78, 5) is 23.9. The van der Waals surface area contributed by atoms with Crippen LogP contribution >= 0.6 is 0 Å². The monoisotopic (exact) mass is 688 g/mol. The van der Waals surface area contributed by atoms with Crippen LogP contribution < -0.4 is 14.2 Å². The molecule has 0 aromatic heterocycles. The van der Waals surface area contributed by atoms with E-state index in [4.69, 9.17) is 33.2 Å². The number of hydrogen-bond acceptors (Lipinski definition) is 9. The van der Waals surface area contributed by atoms with Gasteiger partial charge in [0.05, 0.1) is 33.0 Å². The molecule has 0 fully saturated rings. The molecule has 2 aliphatic rings. The van der Waals surface area contributed by atoms with E-state index in [2.05, 4.69) is 18.2 Å². The molecule has 0 bridgehead atoms. The number of esters is 2. The highest BCUT2D eigenvalue weighted by molar-refractivity contribution is 5.70. The smallest absolute Gasteiger partial charge is 0.306 e. The van der Waals surface area contributed by atoms with Gasteiger partial charge in [-0.1, -0.05) is 43.2 Å². The van der Waals surface area contributed by atoms with Crippen molar-refractivity contribution in [2.75, 3.05) is 33.0 Å². The molecule has 50 heavy (non-hydrogen) atoms. The number of benzene rings is 2. The largest absolute Gasteiger partial charge is 0.494 e. The Morgan fingerprint density at radius 1 is 0.740 bits per heavy atom. The summed E-state index contributed by atoms with van der Waals surface area (Å²) in [6.07, 6.45) is 17.9. The van der Waals surface area contributed by atoms with E-state index in [-0.39, 0.29) is 18.4 Å².